The summed E-state index contributed by atoms with van der Waals surface area (Å²) in [6.07, 6.45) is 1.42. The maximum absolute atomic E-state index is 11.8. The zero-order valence-electron chi connectivity index (χ0n) is 13.8. The summed E-state index contributed by atoms with van der Waals surface area (Å²) in [4.78, 5) is 20.9. The van der Waals surface area contributed by atoms with E-state index in [-0.39, 0.29) is 11.9 Å². The summed E-state index contributed by atoms with van der Waals surface area (Å²) < 4.78 is 4.87. The van der Waals surface area contributed by atoms with Gasteiger partial charge in [-0.1, -0.05) is 0 Å². The second-order valence-electron chi connectivity index (χ2n) is 6.47. The third-order valence-electron chi connectivity index (χ3n) is 4.27. The van der Waals surface area contributed by atoms with E-state index in [9.17, 15) is 4.79 Å². The van der Waals surface area contributed by atoms with E-state index < -0.39 is 5.41 Å². The minimum Gasteiger partial charge on any atom is -0.469 e. The van der Waals surface area contributed by atoms with E-state index in [4.69, 9.17) is 4.74 Å². The van der Waals surface area contributed by atoms with Crippen LogP contribution in [0.5, 0.6) is 0 Å². The highest BCUT2D eigenvalue weighted by Crippen LogP contribution is 2.50. The number of hydrogen-bond acceptors (Lipinski definition) is 6. The summed E-state index contributed by atoms with van der Waals surface area (Å²) in [7, 11) is 1.43. The first kappa shape index (κ1) is 15.5. The monoisotopic (exact) mass is 315 g/mol. The van der Waals surface area contributed by atoms with Crippen molar-refractivity contribution in [2.24, 2.45) is 5.41 Å². The largest absolute Gasteiger partial charge is 0.469 e. The predicted molar refractivity (Wildman–Crippen MR) is 85.5 cm³/mol. The molecule has 0 aliphatic heterocycles. The molecule has 23 heavy (non-hydrogen) atoms. The summed E-state index contributed by atoms with van der Waals surface area (Å²) in [6.45, 7) is 5.80. The van der Waals surface area contributed by atoms with Gasteiger partial charge in [0.25, 0.3) is 0 Å². The maximum Gasteiger partial charge on any atom is 0.311 e. The van der Waals surface area contributed by atoms with E-state index in [1.165, 1.54) is 7.11 Å². The fourth-order valence-electron chi connectivity index (χ4n) is 3.07. The third kappa shape index (κ3) is 3.04. The number of nitrogens with zero attached hydrogens (tertiary/aromatic N) is 3. The average molecular weight is 315 g/mol. The van der Waals surface area contributed by atoms with Crippen LogP contribution in [0.15, 0.2) is 12.1 Å². The standard InChI is InChI=1S/C16H21N5O2/c1-9-5-12(18-13-6-10(2)20-21-13)19-14(17-9)11-7-16(3,8-11)15(22)23-4/h5-6,11H,7-8H2,1-4H3,(H2,17,18,19,20,21). The molecule has 122 valence electrons. The lowest BCUT2D eigenvalue weighted by molar-refractivity contribution is -0.158. The van der Waals surface area contributed by atoms with Gasteiger partial charge in [-0.2, -0.15) is 5.10 Å². The van der Waals surface area contributed by atoms with Crippen molar-refractivity contribution in [2.45, 2.75) is 39.5 Å². The molecular formula is C16H21N5O2. The van der Waals surface area contributed by atoms with Crippen LogP contribution < -0.4 is 5.32 Å². The number of aromatic nitrogens is 4. The van der Waals surface area contributed by atoms with Crippen LogP contribution in [0.4, 0.5) is 11.6 Å². The van der Waals surface area contributed by atoms with Crippen LogP contribution in [-0.2, 0) is 9.53 Å². The van der Waals surface area contributed by atoms with Crippen molar-refractivity contribution in [1.82, 2.24) is 20.2 Å². The fourth-order valence-corrected chi connectivity index (χ4v) is 3.07. The molecule has 3 rings (SSSR count). The Labute approximate surface area is 134 Å². The normalized spacial score (nSPS) is 23.2. The highest BCUT2D eigenvalue weighted by Gasteiger charge is 2.48. The lowest BCUT2D eigenvalue weighted by atomic mass is 9.63. The number of hydrogen-bond donors (Lipinski definition) is 2. The second-order valence-corrected chi connectivity index (χ2v) is 6.47. The molecule has 7 heteroatoms. The van der Waals surface area contributed by atoms with Crippen LogP contribution in [0.1, 0.15) is 42.9 Å². The first-order chi connectivity index (χ1) is 10.9. The molecule has 0 unspecified atom stereocenters. The molecule has 0 aromatic carbocycles. The molecule has 7 nitrogen and oxygen atoms in total. The molecule has 2 aromatic rings. The van der Waals surface area contributed by atoms with Crippen molar-refractivity contribution < 1.29 is 9.53 Å². The van der Waals surface area contributed by atoms with Gasteiger partial charge in [0.15, 0.2) is 5.82 Å². The number of carbonyl (C=O) groups is 1. The summed E-state index contributed by atoms with van der Waals surface area (Å²) in [5.74, 6) is 2.22. The van der Waals surface area contributed by atoms with Gasteiger partial charge in [-0.15, -0.1) is 0 Å². The van der Waals surface area contributed by atoms with Crippen LogP contribution in [0.3, 0.4) is 0 Å². The molecule has 0 bridgehead atoms. The van der Waals surface area contributed by atoms with Gasteiger partial charge >= 0.3 is 5.97 Å². The van der Waals surface area contributed by atoms with Crippen molar-refractivity contribution in [3.05, 3.63) is 29.3 Å². The Balaban J connectivity index is 1.75. The van der Waals surface area contributed by atoms with Crippen molar-refractivity contribution in [3.8, 4) is 0 Å². The summed E-state index contributed by atoms with van der Waals surface area (Å²) in [5.41, 5.74) is 1.45. The van der Waals surface area contributed by atoms with Crippen molar-refractivity contribution in [3.63, 3.8) is 0 Å². The van der Waals surface area contributed by atoms with E-state index >= 15 is 0 Å². The van der Waals surface area contributed by atoms with Gasteiger partial charge in [0.1, 0.15) is 11.6 Å². The van der Waals surface area contributed by atoms with Crippen LogP contribution >= 0.6 is 0 Å². The van der Waals surface area contributed by atoms with Crippen LogP contribution in [0.25, 0.3) is 0 Å². The molecule has 0 amide bonds. The first-order valence-electron chi connectivity index (χ1n) is 7.63. The van der Waals surface area contributed by atoms with Gasteiger partial charge < -0.3 is 10.1 Å². The number of rotatable bonds is 4. The molecule has 0 atom stereocenters. The number of aryl methyl sites for hydroxylation is 2. The lowest BCUT2D eigenvalue weighted by Gasteiger charge is -2.41. The number of H-pyrrole nitrogens is 1. The topological polar surface area (TPSA) is 92.8 Å². The average Bonchev–Trinajstić information content (AvgIpc) is 2.87. The van der Waals surface area contributed by atoms with Gasteiger partial charge in [-0.25, -0.2) is 9.97 Å². The lowest BCUT2D eigenvalue weighted by Crippen LogP contribution is -2.41. The zero-order valence-corrected chi connectivity index (χ0v) is 13.8. The Bertz CT molecular complexity index is 734. The van der Waals surface area contributed by atoms with Crippen LogP contribution in [0.2, 0.25) is 0 Å². The Morgan fingerprint density at radius 2 is 2.04 bits per heavy atom. The number of nitrogens with one attached hydrogen (secondary N) is 2. The first-order valence-corrected chi connectivity index (χ1v) is 7.63. The Kier molecular flexibility index (Phi) is 3.79. The predicted octanol–water partition coefficient (Wildman–Crippen LogP) is 2.62. The van der Waals surface area contributed by atoms with Gasteiger partial charge in [-0.05, 0) is 33.6 Å². The maximum atomic E-state index is 11.8. The molecule has 0 saturated heterocycles. The van der Waals surface area contributed by atoms with E-state index in [2.05, 4.69) is 25.5 Å². The van der Waals surface area contributed by atoms with Gasteiger partial charge in [-0.3, -0.25) is 9.89 Å². The third-order valence-corrected chi connectivity index (χ3v) is 4.27. The molecule has 0 spiro atoms. The minimum atomic E-state index is -0.417. The number of esters is 1. The zero-order chi connectivity index (χ0) is 16.6. The number of ether oxygens (including phenoxy) is 1. The van der Waals surface area contributed by atoms with Crippen molar-refractivity contribution in [2.75, 3.05) is 12.4 Å². The smallest absolute Gasteiger partial charge is 0.311 e. The molecule has 1 saturated carbocycles. The minimum absolute atomic E-state index is 0.160. The van der Waals surface area contributed by atoms with Crippen molar-refractivity contribution in [1.29, 1.82) is 0 Å². The van der Waals surface area contributed by atoms with Crippen molar-refractivity contribution >= 4 is 17.6 Å². The molecule has 2 aromatic heterocycles. The number of anilines is 2. The molecule has 1 aliphatic carbocycles. The SMILES string of the molecule is COC(=O)C1(C)CC(c2nc(C)cc(Nc3cc(C)[nH]n3)n2)C1. The molecular weight excluding hydrogens is 294 g/mol. The Morgan fingerprint density at radius 1 is 1.30 bits per heavy atom. The van der Waals surface area contributed by atoms with Gasteiger partial charge in [0.2, 0.25) is 0 Å². The van der Waals surface area contributed by atoms with Crippen LogP contribution in [-0.4, -0.2) is 33.2 Å². The van der Waals surface area contributed by atoms with E-state index in [0.717, 1.165) is 23.0 Å². The van der Waals surface area contributed by atoms with E-state index in [0.29, 0.717) is 18.7 Å². The second kappa shape index (κ2) is 5.64. The van der Waals surface area contributed by atoms with Crippen LogP contribution in [0, 0.1) is 19.3 Å². The van der Waals surface area contributed by atoms with Gasteiger partial charge in [0.05, 0.1) is 12.5 Å². The number of carbonyl (C=O) groups excluding carboxylic acids is 1. The number of methoxy groups -OCH3 is 1. The van der Waals surface area contributed by atoms with E-state index in [1.807, 2.05) is 32.9 Å². The summed E-state index contributed by atoms with van der Waals surface area (Å²) in [5, 5.41) is 10.2. The summed E-state index contributed by atoms with van der Waals surface area (Å²) >= 11 is 0. The van der Waals surface area contributed by atoms with E-state index in [1.54, 1.807) is 0 Å². The highest BCUT2D eigenvalue weighted by molar-refractivity contribution is 5.77. The molecule has 2 heterocycles. The molecule has 1 fully saturated rings. The quantitative estimate of drug-likeness (QED) is 0.843. The van der Waals surface area contributed by atoms with Gasteiger partial charge in [0, 0.05) is 29.4 Å². The fraction of sp³-hybridized carbons (Fsp3) is 0.500. The molecule has 1 aliphatic rings. The molecule has 2 N–H and O–H groups in total. The number of aromatic amines is 1. The highest BCUT2D eigenvalue weighted by atomic mass is 16.5. The Morgan fingerprint density at radius 3 is 2.65 bits per heavy atom. The molecule has 0 radical (unpaired) electrons. The Hall–Kier alpha value is -2.44. The summed E-state index contributed by atoms with van der Waals surface area (Å²) in [6, 6.07) is 3.79.